The van der Waals surface area contributed by atoms with Crippen LogP contribution in [0.25, 0.3) is 0 Å². The molecule has 92 valence electrons. The zero-order valence-corrected chi connectivity index (χ0v) is 13.2. The molecule has 0 N–H and O–H groups in total. The Balaban J connectivity index is 0. The Bertz CT molecular complexity index is 195. The maximum atomic E-state index is 2.63. The summed E-state index contributed by atoms with van der Waals surface area (Å²) in [7, 11) is 0. The van der Waals surface area contributed by atoms with E-state index in [1.807, 2.05) is 0 Å². The predicted octanol–water partition coefficient (Wildman–Crippen LogP) is 1.28. The van der Waals surface area contributed by atoms with Crippen molar-refractivity contribution >= 4 is 0 Å². The molecule has 0 atom stereocenters. The molecule has 0 aliphatic carbocycles. The van der Waals surface area contributed by atoms with Gasteiger partial charge in [-0.15, -0.1) is 5.54 Å². The maximum Gasteiger partial charge on any atom is 1.00 e. The fraction of sp³-hybridized carbons (Fsp3) is 0.929. The van der Waals surface area contributed by atoms with E-state index in [4.69, 9.17) is 0 Å². The van der Waals surface area contributed by atoms with E-state index < -0.39 is 0 Å². The van der Waals surface area contributed by atoms with Gasteiger partial charge in [-0.1, -0.05) is 20.8 Å². The van der Waals surface area contributed by atoms with Crippen molar-refractivity contribution in [2.75, 3.05) is 0 Å². The molecular formula is C14H30LiN. The minimum absolute atomic E-state index is 0. The van der Waals surface area contributed by atoms with E-state index in [2.05, 4.69) is 67.2 Å². The molecule has 0 spiro atoms. The van der Waals surface area contributed by atoms with E-state index in [0.29, 0.717) is 6.04 Å². The molecule has 0 radical (unpaired) electrons. The molecule has 0 fully saturated rings. The van der Waals surface area contributed by atoms with Crippen LogP contribution in [0.15, 0.2) is 0 Å². The summed E-state index contributed by atoms with van der Waals surface area (Å²) < 4.78 is 0. The molecule has 0 rings (SSSR count). The van der Waals surface area contributed by atoms with Crippen LogP contribution >= 0.6 is 0 Å². The van der Waals surface area contributed by atoms with Crippen LogP contribution in [0.2, 0.25) is 0 Å². The van der Waals surface area contributed by atoms with Crippen molar-refractivity contribution < 1.29 is 18.9 Å². The third-order valence-electron chi connectivity index (χ3n) is 3.86. The van der Waals surface area contributed by atoms with Crippen LogP contribution in [0.4, 0.5) is 0 Å². The summed E-state index contributed by atoms with van der Waals surface area (Å²) in [6, 6.07) is 0.574. The van der Waals surface area contributed by atoms with Gasteiger partial charge in [0.05, 0.1) is 0 Å². The molecule has 0 heterocycles. The van der Waals surface area contributed by atoms with Gasteiger partial charge in [-0.2, -0.15) is 13.8 Å². The second kappa shape index (κ2) is 6.48. The molecular weight excluding hydrogens is 189 g/mol. The quantitative estimate of drug-likeness (QED) is 0.497. The average Bonchev–Trinajstić information content (AvgIpc) is 2.01. The van der Waals surface area contributed by atoms with Crippen LogP contribution in [-0.4, -0.2) is 22.0 Å². The van der Waals surface area contributed by atoms with Gasteiger partial charge in [0.25, 0.3) is 0 Å². The molecule has 0 aliphatic rings. The fourth-order valence-electron chi connectivity index (χ4n) is 2.51. The number of hydrogen-bond acceptors (Lipinski definition) is 1. The molecule has 0 saturated heterocycles. The standard InChI is InChI=1S/C14H30N.Li/c1-10-13(6,7)15(12(4)5)14(8,9)11(2)3;/h12H,10H2,1-9H3;/q-1;+1. The van der Waals surface area contributed by atoms with E-state index in [1.54, 1.807) is 0 Å². The van der Waals surface area contributed by atoms with Gasteiger partial charge in [0.15, 0.2) is 0 Å². The predicted molar refractivity (Wildman–Crippen MR) is 70.0 cm³/mol. The molecule has 0 aromatic carbocycles. The van der Waals surface area contributed by atoms with Gasteiger partial charge in [0.2, 0.25) is 0 Å². The van der Waals surface area contributed by atoms with Gasteiger partial charge in [-0.25, -0.2) is 0 Å². The number of hydrogen-bond donors (Lipinski definition) is 0. The van der Waals surface area contributed by atoms with Crippen molar-refractivity contribution in [1.82, 2.24) is 4.90 Å². The van der Waals surface area contributed by atoms with E-state index in [9.17, 15) is 0 Å². The molecule has 16 heavy (non-hydrogen) atoms. The first-order valence-electron chi connectivity index (χ1n) is 6.17. The Hall–Kier alpha value is 0.557. The van der Waals surface area contributed by atoms with Gasteiger partial charge >= 0.3 is 18.9 Å². The van der Waals surface area contributed by atoms with Gasteiger partial charge < -0.3 is 10.8 Å². The Morgan fingerprint density at radius 1 is 1.06 bits per heavy atom. The first-order valence-corrected chi connectivity index (χ1v) is 6.17. The minimum Gasteiger partial charge on any atom is -0.320 e. The van der Waals surface area contributed by atoms with Crippen molar-refractivity contribution in [2.24, 2.45) is 0 Å². The molecule has 0 aliphatic heterocycles. The largest absolute Gasteiger partial charge is 1.00 e. The van der Waals surface area contributed by atoms with Crippen molar-refractivity contribution in [3.63, 3.8) is 0 Å². The van der Waals surface area contributed by atoms with E-state index >= 15 is 0 Å². The summed E-state index contributed by atoms with van der Waals surface area (Å²) in [6.45, 7) is 20.7. The summed E-state index contributed by atoms with van der Waals surface area (Å²) in [6.07, 6.45) is 1.18. The van der Waals surface area contributed by atoms with Crippen LogP contribution < -0.4 is 18.9 Å². The normalized spacial score (nSPS) is 13.5. The van der Waals surface area contributed by atoms with Crippen LogP contribution in [-0.2, 0) is 0 Å². The van der Waals surface area contributed by atoms with Crippen molar-refractivity contribution in [2.45, 2.75) is 85.9 Å². The van der Waals surface area contributed by atoms with Gasteiger partial charge in [-0.05, 0) is 34.1 Å². The molecule has 0 amide bonds. The van der Waals surface area contributed by atoms with Crippen LogP contribution in [0, 0.1) is 5.92 Å². The molecule has 0 aromatic heterocycles. The Morgan fingerprint density at radius 3 is 1.62 bits per heavy atom. The topological polar surface area (TPSA) is 3.24 Å². The van der Waals surface area contributed by atoms with Gasteiger partial charge in [0, 0.05) is 11.6 Å². The summed E-state index contributed by atoms with van der Waals surface area (Å²) in [5.41, 5.74) is 0.433. The molecule has 0 bridgehead atoms. The first-order chi connectivity index (χ1) is 6.57. The van der Waals surface area contributed by atoms with Gasteiger partial charge in [-0.3, -0.25) is 0 Å². The van der Waals surface area contributed by atoms with E-state index in [1.165, 1.54) is 12.3 Å². The monoisotopic (exact) mass is 219 g/mol. The number of nitrogens with zero attached hydrogens (tertiary/aromatic N) is 1. The zero-order chi connectivity index (χ0) is 12.4. The van der Waals surface area contributed by atoms with E-state index in [0.717, 1.165) is 0 Å². The fourth-order valence-corrected chi connectivity index (χ4v) is 2.51. The second-order valence-electron chi connectivity index (χ2n) is 6.19. The van der Waals surface area contributed by atoms with E-state index in [-0.39, 0.29) is 29.9 Å². The summed E-state index contributed by atoms with van der Waals surface area (Å²) in [5, 5.41) is 0. The Labute approximate surface area is 116 Å². The molecule has 1 nitrogen and oxygen atoms in total. The SMILES string of the molecule is CCC(C)(C)N(C(C)C)C(C)(C)[C-](C)C.[Li+]. The average molecular weight is 219 g/mol. The Kier molecular flexibility index (Phi) is 7.66. The van der Waals surface area contributed by atoms with Crippen LogP contribution in [0.5, 0.6) is 0 Å². The van der Waals surface area contributed by atoms with Gasteiger partial charge in [0.1, 0.15) is 0 Å². The van der Waals surface area contributed by atoms with Crippen LogP contribution in [0.1, 0.15) is 68.7 Å². The molecule has 0 unspecified atom stereocenters. The smallest absolute Gasteiger partial charge is 0.320 e. The third kappa shape index (κ3) is 4.10. The van der Waals surface area contributed by atoms with Crippen LogP contribution in [0.3, 0.4) is 0 Å². The minimum atomic E-state index is 0. The zero-order valence-electron chi connectivity index (χ0n) is 13.2. The molecule has 0 aromatic rings. The second-order valence-corrected chi connectivity index (χ2v) is 6.19. The number of rotatable bonds is 5. The Morgan fingerprint density at radius 2 is 1.44 bits per heavy atom. The summed E-state index contributed by atoms with van der Waals surface area (Å²) in [4.78, 5) is 2.63. The summed E-state index contributed by atoms with van der Waals surface area (Å²) >= 11 is 0. The van der Waals surface area contributed by atoms with Crippen molar-refractivity contribution in [3.8, 4) is 0 Å². The van der Waals surface area contributed by atoms with Crippen molar-refractivity contribution in [3.05, 3.63) is 5.92 Å². The summed E-state index contributed by atoms with van der Waals surface area (Å²) in [5.74, 6) is 1.48. The molecule has 2 heteroatoms. The first kappa shape index (κ1) is 18.9. The maximum absolute atomic E-state index is 2.63. The van der Waals surface area contributed by atoms with Crippen molar-refractivity contribution in [1.29, 1.82) is 0 Å². The third-order valence-corrected chi connectivity index (χ3v) is 3.86. The molecule has 0 saturated carbocycles.